The largest absolute Gasteiger partial charge is 0.298 e. The highest BCUT2D eigenvalue weighted by Crippen LogP contribution is 2.22. The number of benzene rings is 2. The number of aldehydes is 3. The van der Waals surface area contributed by atoms with Gasteiger partial charge in [0.2, 0.25) is 0 Å². The van der Waals surface area contributed by atoms with Crippen LogP contribution in [0, 0.1) is 0 Å². The fraction of sp³-hybridized carbons (Fsp3) is 0. The number of hydrogen-bond acceptors (Lipinski definition) is 3. The minimum Gasteiger partial charge on any atom is -0.298 e. The molecule has 0 bridgehead atoms. The molecule has 3 nitrogen and oxygen atoms in total. The van der Waals surface area contributed by atoms with E-state index in [1.54, 1.807) is 30.3 Å². The van der Waals surface area contributed by atoms with E-state index in [1.165, 1.54) is 6.07 Å². The van der Waals surface area contributed by atoms with Gasteiger partial charge in [0.1, 0.15) is 18.9 Å². The maximum Gasteiger partial charge on any atom is 0.150 e. The average molecular weight is 238 g/mol. The van der Waals surface area contributed by atoms with Crippen molar-refractivity contribution in [2.75, 3.05) is 0 Å². The topological polar surface area (TPSA) is 51.2 Å². The van der Waals surface area contributed by atoms with E-state index in [2.05, 4.69) is 0 Å². The summed E-state index contributed by atoms with van der Waals surface area (Å²) in [6.07, 6.45) is 2.15. The summed E-state index contributed by atoms with van der Waals surface area (Å²) >= 11 is 0. The first kappa shape index (κ1) is 11.9. The first-order valence-electron chi connectivity index (χ1n) is 5.38. The summed E-state index contributed by atoms with van der Waals surface area (Å²) in [4.78, 5) is 32.3. The molecule has 0 radical (unpaired) electrons. The Labute approximate surface area is 104 Å². The van der Waals surface area contributed by atoms with Gasteiger partial charge in [-0.3, -0.25) is 14.4 Å². The normalized spacial score (nSPS) is 9.78. The Hall–Kier alpha value is -2.55. The monoisotopic (exact) mass is 238 g/mol. The molecule has 2 aromatic carbocycles. The quantitative estimate of drug-likeness (QED) is 0.769. The Balaban J connectivity index is 2.58. The summed E-state index contributed by atoms with van der Waals surface area (Å²) in [5, 5.41) is 0. The minimum atomic E-state index is 0.436. The van der Waals surface area contributed by atoms with Crippen LogP contribution in [-0.4, -0.2) is 18.9 Å². The summed E-state index contributed by atoms with van der Waals surface area (Å²) in [6, 6.07) is 11.9. The van der Waals surface area contributed by atoms with Crippen LogP contribution in [0.4, 0.5) is 0 Å². The maximum atomic E-state index is 10.8. The first-order valence-corrected chi connectivity index (χ1v) is 5.38. The number of carbonyl (C=O) groups excluding carboxylic acids is 3. The molecule has 0 aliphatic carbocycles. The third kappa shape index (κ3) is 2.40. The molecule has 2 rings (SSSR count). The molecule has 0 amide bonds. The molecule has 0 saturated heterocycles. The zero-order valence-electron chi connectivity index (χ0n) is 9.50. The Bertz CT molecular complexity index is 589. The number of carbonyl (C=O) groups is 3. The molecule has 0 unspecified atom stereocenters. The van der Waals surface area contributed by atoms with Gasteiger partial charge in [0.25, 0.3) is 0 Å². The smallest absolute Gasteiger partial charge is 0.150 e. The Morgan fingerprint density at radius 3 is 1.72 bits per heavy atom. The molecule has 0 atom stereocenters. The van der Waals surface area contributed by atoms with Gasteiger partial charge in [-0.1, -0.05) is 18.2 Å². The van der Waals surface area contributed by atoms with Gasteiger partial charge >= 0.3 is 0 Å². The molecular formula is C15H10O3. The SMILES string of the molecule is O=Cc1cccc(-c2cc(C=O)cc(C=O)c2)c1. The minimum absolute atomic E-state index is 0.436. The lowest BCUT2D eigenvalue weighted by molar-refractivity contribution is 0.111. The molecule has 0 aromatic heterocycles. The van der Waals surface area contributed by atoms with Crippen LogP contribution < -0.4 is 0 Å². The summed E-state index contributed by atoms with van der Waals surface area (Å²) in [5.74, 6) is 0. The van der Waals surface area contributed by atoms with Crippen LogP contribution in [0.5, 0.6) is 0 Å². The van der Waals surface area contributed by atoms with Gasteiger partial charge in [0.05, 0.1) is 0 Å². The van der Waals surface area contributed by atoms with E-state index in [1.807, 2.05) is 6.07 Å². The summed E-state index contributed by atoms with van der Waals surface area (Å²) < 4.78 is 0. The number of rotatable bonds is 4. The summed E-state index contributed by atoms with van der Waals surface area (Å²) in [7, 11) is 0. The zero-order chi connectivity index (χ0) is 13.0. The van der Waals surface area contributed by atoms with Gasteiger partial charge in [-0.15, -0.1) is 0 Å². The second-order valence-corrected chi connectivity index (χ2v) is 3.87. The van der Waals surface area contributed by atoms with Gasteiger partial charge < -0.3 is 0 Å². The van der Waals surface area contributed by atoms with Crippen molar-refractivity contribution in [3.8, 4) is 11.1 Å². The lowest BCUT2D eigenvalue weighted by Gasteiger charge is -2.04. The van der Waals surface area contributed by atoms with E-state index in [9.17, 15) is 14.4 Å². The fourth-order valence-electron chi connectivity index (χ4n) is 1.77. The van der Waals surface area contributed by atoms with Crippen LogP contribution in [0.25, 0.3) is 11.1 Å². The van der Waals surface area contributed by atoms with Crippen LogP contribution in [0.2, 0.25) is 0 Å². The van der Waals surface area contributed by atoms with Gasteiger partial charge in [-0.25, -0.2) is 0 Å². The maximum absolute atomic E-state index is 10.8. The van der Waals surface area contributed by atoms with Gasteiger partial charge in [-0.05, 0) is 35.4 Å². The highest BCUT2D eigenvalue weighted by atomic mass is 16.1. The van der Waals surface area contributed by atoms with Crippen LogP contribution in [-0.2, 0) is 0 Å². The predicted octanol–water partition coefficient (Wildman–Crippen LogP) is 2.79. The molecule has 0 N–H and O–H groups in total. The van der Waals surface area contributed by atoms with Crippen molar-refractivity contribution in [1.82, 2.24) is 0 Å². The van der Waals surface area contributed by atoms with Crippen molar-refractivity contribution in [2.24, 2.45) is 0 Å². The second-order valence-electron chi connectivity index (χ2n) is 3.87. The van der Waals surface area contributed by atoms with Crippen molar-refractivity contribution in [2.45, 2.75) is 0 Å². The van der Waals surface area contributed by atoms with Crippen molar-refractivity contribution in [1.29, 1.82) is 0 Å². The molecule has 3 heteroatoms. The van der Waals surface area contributed by atoms with Crippen LogP contribution in [0.15, 0.2) is 42.5 Å². The summed E-state index contributed by atoms with van der Waals surface area (Å²) in [6.45, 7) is 0. The van der Waals surface area contributed by atoms with Crippen LogP contribution in [0.3, 0.4) is 0 Å². The molecule has 0 fully saturated rings. The molecule has 0 aliphatic heterocycles. The van der Waals surface area contributed by atoms with Crippen molar-refractivity contribution in [3.63, 3.8) is 0 Å². The second kappa shape index (κ2) is 5.19. The predicted molar refractivity (Wildman–Crippen MR) is 68.0 cm³/mol. The van der Waals surface area contributed by atoms with E-state index in [0.717, 1.165) is 17.4 Å². The summed E-state index contributed by atoms with van der Waals surface area (Å²) in [5.41, 5.74) is 2.96. The molecule has 88 valence electrons. The lowest BCUT2D eigenvalue weighted by atomic mass is 9.99. The molecule has 0 spiro atoms. The molecule has 0 aliphatic rings. The van der Waals surface area contributed by atoms with E-state index >= 15 is 0 Å². The van der Waals surface area contributed by atoms with Crippen molar-refractivity contribution < 1.29 is 14.4 Å². The van der Waals surface area contributed by atoms with Crippen molar-refractivity contribution >= 4 is 18.9 Å². The van der Waals surface area contributed by atoms with E-state index < -0.39 is 0 Å². The lowest BCUT2D eigenvalue weighted by Crippen LogP contribution is -1.89. The highest BCUT2D eigenvalue weighted by molar-refractivity contribution is 5.87. The van der Waals surface area contributed by atoms with E-state index in [-0.39, 0.29) is 0 Å². The Morgan fingerprint density at radius 2 is 1.17 bits per heavy atom. The first-order chi connectivity index (χ1) is 8.76. The third-order valence-electron chi connectivity index (χ3n) is 2.61. The van der Waals surface area contributed by atoms with E-state index in [0.29, 0.717) is 29.3 Å². The molecule has 18 heavy (non-hydrogen) atoms. The molecule has 2 aromatic rings. The Morgan fingerprint density at radius 1 is 0.611 bits per heavy atom. The van der Waals surface area contributed by atoms with Gasteiger partial charge in [0, 0.05) is 16.7 Å². The fourth-order valence-corrected chi connectivity index (χ4v) is 1.77. The third-order valence-corrected chi connectivity index (χ3v) is 2.61. The van der Waals surface area contributed by atoms with Crippen LogP contribution in [0.1, 0.15) is 31.1 Å². The van der Waals surface area contributed by atoms with Crippen molar-refractivity contribution in [3.05, 3.63) is 59.2 Å². The van der Waals surface area contributed by atoms with E-state index in [4.69, 9.17) is 0 Å². The highest BCUT2D eigenvalue weighted by Gasteiger charge is 2.03. The van der Waals surface area contributed by atoms with Gasteiger partial charge in [-0.2, -0.15) is 0 Å². The average Bonchev–Trinajstić information content (AvgIpc) is 2.46. The standard InChI is InChI=1S/C15H10O3/c16-8-11-2-1-3-14(5-11)15-6-12(9-17)4-13(7-15)10-18/h1-10H. The van der Waals surface area contributed by atoms with Crippen LogP contribution >= 0.6 is 0 Å². The zero-order valence-corrected chi connectivity index (χ0v) is 9.50. The molecule has 0 heterocycles. The number of hydrogen-bond donors (Lipinski definition) is 0. The van der Waals surface area contributed by atoms with Gasteiger partial charge in [0.15, 0.2) is 0 Å². The molecular weight excluding hydrogens is 228 g/mol. The Kier molecular flexibility index (Phi) is 3.44. The molecule has 0 saturated carbocycles.